The van der Waals surface area contributed by atoms with Crippen molar-refractivity contribution in [1.82, 2.24) is 0 Å². The van der Waals surface area contributed by atoms with Crippen LogP contribution in [0.2, 0.25) is 0 Å². The van der Waals surface area contributed by atoms with E-state index in [1.807, 2.05) is 0 Å². The first-order chi connectivity index (χ1) is 5.36. The summed E-state index contributed by atoms with van der Waals surface area (Å²) in [5, 5.41) is 2.50. The third kappa shape index (κ3) is 1.78. The van der Waals surface area contributed by atoms with Crippen molar-refractivity contribution >= 4 is 15.9 Å². The predicted molar refractivity (Wildman–Crippen MR) is 49.8 cm³/mol. The molecule has 0 aromatic rings. The second kappa shape index (κ2) is 3.44. The van der Waals surface area contributed by atoms with Crippen LogP contribution in [0.15, 0.2) is 0 Å². The molecule has 0 radical (unpaired) electrons. The van der Waals surface area contributed by atoms with Crippen molar-refractivity contribution in [3.63, 3.8) is 0 Å². The van der Waals surface area contributed by atoms with E-state index in [0.717, 1.165) is 16.7 Å². The number of rotatable bonds is 0. The van der Waals surface area contributed by atoms with Crippen molar-refractivity contribution in [2.75, 3.05) is 13.1 Å². The Hall–Kier alpha value is 0.440. The van der Waals surface area contributed by atoms with Gasteiger partial charge in [-0.3, -0.25) is 0 Å². The molecule has 0 aromatic heterocycles. The zero-order valence-electron chi connectivity index (χ0n) is 6.93. The van der Waals surface area contributed by atoms with Crippen molar-refractivity contribution in [2.24, 2.45) is 11.8 Å². The standard InChI is InChI=1S/C9H16BrN/c10-9-2-1-8-6-11-4-3-7(8)5-9/h7-9,11H,1-6H2/p+1/t7-,8-,9-/m1/s1. The fourth-order valence-corrected chi connectivity index (χ4v) is 3.34. The van der Waals surface area contributed by atoms with Gasteiger partial charge in [0.15, 0.2) is 0 Å². The summed E-state index contributed by atoms with van der Waals surface area (Å²) in [6.45, 7) is 2.78. The number of quaternary nitrogens is 1. The number of halogens is 1. The summed E-state index contributed by atoms with van der Waals surface area (Å²) >= 11 is 3.74. The summed E-state index contributed by atoms with van der Waals surface area (Å²) < 4.78 is 0. The van der Waals surface area contributed by atoms with Crippen LogP contribution in [0.25, 0.3) is 0 Å². The molecule has 0 aromatic carbocycles. The number of hydrogen-bond donors (Lipinski definition) is 1. The van der Waals surface area contributed by atoms with Gasteiger partial charge < -0.3 is 5.32 Å². The SMILES string of the molecule is Br[C@@H]1CC[C@@H]2C[NH2+]CC[C@@H]2C1. The molecule has 0 amide bonds. The number of alkyl halides is 1. The van der Waals surface area contributed by atoms with Gasteiger partial charge in [0, 0.05) is 10.7 Å². The first-order valence-electron chi connectivity index (χ1n) is 4.82. The van der Waals surface area contributed by atoms with Crippen LogP contribution in [0, 0.1) is 11.8 Å². The van der Waals surface area contributed by atoms with E-state index in [2.05, 4.69) is 21.2 Å². The van der Waals surface area contributed by atoms with Gasteiger partial charge in [-0.05, 0) is 31.6 Å². The highest BCUT2D eigenvalue weighted by atomic mass is 79.9. The van der Waals surface area contributed by atoms with Crippen LogP contribution in [0.1, 0.15) is 25.7 Å². The lowest BCUT2D eigenvalue weighted by molar-refractivity contribution is -0.672. The van der Waals surface area contributed by atoms with Gasteiger partial charge in [0.2, 0.25) is 0 Å². The molecule has 2 heteroatoms. The van der Waals surface area contributed by atoms with Gasteiger partial charge in [-0.1, -0.05) is 15.9 Å². The van der Waals surface area contributed by atoms with E-state index in [0.29, 0.717) is 0 Å². The molecule has 0 spiro atoms. The predicted octanol–water partition coefficient (Wildman–Crippen LogP) is 1.13. The smallest absolute Gasteiger partial charge is 0.0786 e. The Balaban J connectivity index is 1.93. The minimum Gasteiger partial charge on any atom is -0.346 e. The molecular weight excluding hydrogens is 202 g/mol. The molecule has 1 saturated carbocycles. The van der Waals surface area contributed by atoms with Gasteiger partial charge in [-0.25, -0.2) is 0 Å². The highest BCUT2D eigenvalue weighted by Gasteiger charge is 2.32. The van der Waals surface area contributed by atoms with Gasteiger partial charge in [0.1, 0.15) is 0 Å². The zero-order valence-corrected chi connectivity index (χ0v) is 8.52. The number of piperidine rings is 1. The van der Waals surface area contributed by atoms with E-state index >= 15 is 0 Å². The van der Waals surface area contributed by atoms with Crippen molar-refractivity contribution in [3.8, 4) is 0 Å². The lowest BCUT2D eigenvalue weighted by atomic mass is 9.76. The number of fused-ring (bicyclic) bond motifs is 1. The van der Waals surface area contributed by atoms with Crippen LogP contribution < -0.4 is 5.32 Å². The number of nitrogens with two attached hydrogens (primary N) is 1. The van der Waals surface area contributed by atoms with Crippen LogP contribution in [-0.2, 0) is 0 Å². The quantitative estimate of drug-likeness (QED) is 0.588. The normalized spacial score (nSPS) is 45.0. The summed E-state index contributed by atoms with van der Waals surface area (Å²) in [6, 6.07) is 0. The Morgan fingerprint density at radius 3 is 2.91 bits per heavy atom. The number of hydrogen-bond acceptors (Lipinski definition) is 0. The topological polar surface area (TPSA) is 16.6 Å². The molecular formula is C9H17BrN+. The lowest BCUT2D eigenvalue weighted by Gasteiger charge is -2.35. The average Bonchev–Trinajstić information content (AvgIpc) is 2.04. The third-order valence-electron chi connectivity index (χ3n) is 3.29. The minimum atomic E-state index is 0.835. The lowest BCUT2D eigenvalue weighted by Crippen LogP contribution is -2.88. The molecule has 3 atom stereocenters. The average molecular weight is 219 g/mol. The second-order valence-corrected chi connectivity index (χ2v) is 5.33. The van der Waals surface area contributed by atoms with Crippen LogP contribution in [-0.4, -0.2) is 17.9 Å². The fraction of sp³-hybridized carbons (Fsp3) is 1.00. The molecule has 2 rings (SSSR count). The Kier molecular flexibility index (Phi) is 2.52. The highest BCUT2D eigenvalue weighted by Crippen LogP contribution is 2.35. The first-order valence-corrected chi connectivity index (χ1v) is 5.73. The largest absolute Gasteiger partial charge is 0.346 e. The van der Waals surface area contributed by atoms with Gasteiger partial charge in [0.05, 0.1) is 13.1 Å². The highest BCUT2D eigenvalue weighted by molar-refractivity contribution is 9.09. The molecule has 1 aliphatic carbocycles. The maximum atomic E-state index is 3.74. The summed E-state index contributed by atoms with van der Waals surface area (Å²) in [4.78, 5) is 0.835. The molecule has 2 fully saturated rings. The Morgan fingerprint density at radius 2 is 2.00 bits per heavy atom. The molecule has 1 aliphatic heterocycles. The molecule has 1 saturated heterocycles. The van der Waals surface area contributed by atoms with Gasteiger partial charge in [-0.2, -0.15) is 0 Å². The van der Waals surface area contributed by atoms with Gasteiger partial charge in [0.25, 0.3) is 0 Å². The zero-order chi connectivity index (χ0) is 7.68. The summed E-state index contributed by atoms with van der Waals surface area (Å²) in [5.41, 5.74) is 0. The summed E-state index contributed by atoms with van der Waals surface area (Å²) in [5.74, 6) is 2.11. The van der Waals surface area contributed by atoms with Crippen molar-refractivity contribution < 1.29 is 5.32 Å². The summed E-state index contributed by atoms with van der Waals surface area (Å²) in [7, 11) is 0. The Bertz CT molecular complexity index is 138. The minimum absolute atomic E-state index is 0.835. The molecule has 2 aliphatic rings. The maximum absolute atomic E-state index is 3.74. The van der Waals surface area contributed by atoms with Gasteiger partial charge >= 0.3 is 0 Å². The Labute approximate surface area is 77.1 Å². The van der Waals surface area contributed by atoms with Crippen LogP contribution in [0.5, 0.6) is 0 Å². The molecule has 0 unspecified atom stereocenters. The first kappa shape index (κ1) is 8.06. The van der Waals surface area contributed by atoms with E-state index in [4.69, 9.17) is 0 Å². The van der Waals surface area contributed by atoms with Crippen molar-refractivity contribution in [3.05, 3.63) is 0 Å². The van der Waals surface area contributed by atoms with Crippen LogP contribution in [0.3, 0.4) is 0 Å². The van der Waals surface area contributed by atoms with E-state index in [1.54, 1.807) is 0 Å². The Morgan fingerprint density at radius 1 is 1.09 bits per heavy atom. The second-order valence-electron chi connectivity index (χ2n) is 4.03. The van der Waals surface area contributed by atoms with Crippen molar-refractivity contribution in [2.45, 2.75) is 30.5 Å². The van der Waals surface area contributed by atoms with Crippen LogP contribution in [0.4, 0.5) is 0 Å². The molecule has 1 heterocycles. The van der Waals surface area contributed by atoms with Gasteiger partial charge in [-0.15, -0.1) is 0 Å². The molecule has 64 valence electrons. The molecule has 0 bridgehead atoms. The van der Waals surface area contributed by atoms with Crippen LogP contribution >= 0.6 is 15.9 Å². The fourth-order valence-electron chi connectivity index (χ4n) is 2.60. The van der Waals surface area contributed by atoms with E-state index in [-0.39, 0.29) is 0 Å². The van der Waals surface area contributed by atoms with E-state index in [9.17, 15) is 0 Å². The monoisotopic (exact) mass is 218 g/mol. The third-order valence-corrected chi connectivity index (χ3v) is 4.12. The molecule has 2 N–H and O–H groups in total. The van der Waals surface area contributed by atoms with Crippen molar-refractivity contribution in [1.29, 1.82) is 0 Å². The maximum Gasteiger partial charge on any atom is 0.0786 e. The molecule has 1 nitrogen and oxygen atoms in total. The molecule has 11 heavy (non-hydrogen) atoms. The van der Waals surface area contributed by atoms with E-state index < -0.39 is 0 Å². The summed E-state index contributed by atoms with van der Waals surface area (Å²) in [6.07, 6.45) is 5.79. The van der Waals surface area contributed by atoms with E-state index in [1.165, 1.54) is 38.8 Å².